The molecule has 0 atom stereocenters. The van der Waals surface area contributed by atoms with E-state index in [1.165, 1.54) is 19.2 Å². The number of benzene rings is 1. The Balaban J connectivity index is 2.44. The highest BCUT2D eigenvalue weighted by molar-refractivity contribution is 7.99. The topological polar surface area (TPSA) is 62.4 Å². The summed E-state index contributed by atoms with van der Waals surface area (Å²) in [4.78, 5) is 11.2. The fourth-order valence-corrected chi connectivity index (χ4v) is 1.71. The molecule has 0 radical (unpaired) electrons. The Kier molecular flexibility index (Phi) is 6.30. The molecule has 19 heavy (non-hydrogen) atoms. The van der Waals surface area contributed by atoms with Crippen LogP contribution in [-0.2, 0) is 4.74 Å². The third-order valence-corrected chi connectivity index (χ3v) is 2.73. The molecule has 0 saturated carbocycles. The predicted octanol–water partition coefficient (Wildman–Crippen LogP) is 2.56. The minimum atomic E-state index is -2.45. The number of halogens is 2. The van der Waals surface area contributed by atoms with Gasteiger partial charge in [0.25, 0.3) is 5.76 Å². The molecular formula is C10H11F2N3O2S2. The molecule has 0 spiro atoms. The van der Waals surface area contributed by atoms with Crippen LogP contribution in [0.4, 0.5) is 19.3 Å². The second kappa shape index (κ2) is 7.74. The molecule has 1 amide bonds. The summed E-state index contributed by atoms with van der Waals surface area (Å²) in [5.41, 5.74) is 5.17. The molecule has 0 fully saturated rings. The Hall–Kier alpha value is -1.61. The molecule has 0 heterocycles. The van der Waals surface area contributed by atoms with Crippen LogP contribution in [0.1, 0.15) is 0 Å². The molecule has 9 heteroatoms. The number of anilines is 1. The van der Waals surface area contributed by atoms with Crippen LogP contribution in [0.3, 0.4) is 0 Å². The normalized spacial score (nSPS) is 9.89. The molecule has 3 N–H and O–H groups in total. The van der Waals surface area contributed by atoms with E-state index in [1.54, 1.807) is 12.1 Å². The first-order valence-corrected chi connectivity index (χ1v) is 6.26. The lowest BCUT2D eigenvalue weighted by Crippen LogP contribution is -2.43. The molecule has 0 saturated heterocycles. The summed E-state index contributed by atoms with van der Waals surface area (Å²) in [6.07, 6.45) is -0.687. The van der Waals surface area contributed by atoms with Gasteiger partial charge in [0.15, 0.2) is 5.11 Å². The number of thioether (sulfide) groups is 1. The SMILES string of the molecule is COC(=O)NNC(=S)Nc1ccc(SC(F)F)cc1. The smallest absolute Gasteiger partial charge is 0.425 e. The van der Waals surface area contributed by atoms with Crippen molar-refractivity contribution in [2.45, 2.75) is 10.7 Å². The average molecular weight is 307 g/mol. The zero-order valence-electron chi connectivity index (χ0n) is 9.78. The monoisotopic (exact) mass is 307 g/mol. The van der Waals surface area contributed by atoms with Gasteiger partial charge in [-0.25, -0.2) is 10.2 Å². The summed E-state index contributed by atoms with van der Waals surface area (Å²) in [5, 5.41) is 2.89. The summed E-state index contributed by atoms with van der Waals surface area (Å²) in [7, 11) is 1.22. The fourth-order valence-electron chi connectivity index (χ4n) is 1.04. The van der Waals surface area contributed by atoms with Crippen molar-refractivity contribution in [2.24, 2.45) is 0 Å². The van der Waals surface area contributed by atoms with Crippen LogP contribution in [0.5, 0.6) is 0 Å². The van der Waals surface area contributed by atoms with Crippen molar-refractivity contribution in [3.63, 3.8) is 0 Å². The van der Waals surface area contributed by atoms with Crippen molar-refractivity contribution in [3.05, 3.63) is 24.3 Å². The van der Waals surface area contributed by atoms with Crippen LogP contribution in [0.2, 0.25) is 0 Å². The molecule has 0 aliphatic carbocycles. The Morgan fingerprint density at radius 1 is 1.32 bits per heavy atom. The number of rotatable bonds is 3. The largest absolute Gasteiger partial charge is 0.452 e. The predicted molar refractivity (Wildman–Crippen MR) is 73.2 cm³/mol. The zero-order chi connectivity index (χ0) is 14.3. The molecule has 1 rings (SSSR count). The van der Waals surface area contributed by atoms with Crippen molar-refractivity contribution in [1.29, 1.82) is 0 Å². The average Bonchev–Trinajstić information content (AvgIpc) is 2.37. The number of methoxy groups -OCH3 is 1. The third-order valence-electron chi connectivity index (χ3n) is 1.80. The minimum Gasteiger partial charge on any atom is -0.452 e. The zero-order valence-corrected chi connectivity index (χ0v) is 11.4. The molecule has 0 aliphatic rings. The summed E-state index contributed by atoms with van der Waals surface area (Å²) in [6, 6.07) is 6.26. The van der Waals surface area contributed by atoms with Crippen molar-refractivity contribution in [1.82, 2.24) is 10.9 Å². The second-order valence-corrected chi connectivity index (χ2v) is 4.57. The van der Waals surface area contributed by atoms with Gasteiger partial charge in [-0.15, -0.1) is 0 Å². The van der Waals surface area contributed by atoms with Gasteiger partial charge < -0.3 is 10.1 Å². The number of hydrogen-bond acceptors (Lipinski definition) is 4. The maximum Gasteiger partial charge on any atom is 0.425 e. The van der Waals surface area contributed by atoms with Crippen molar-refractivity contribution in [3.8, 4) is 0 Å². The number of nitrogens with one attached hydrogen (secondary N) is 3. The maximum absolute atomic E-state index is 12.1. The number of amides is 1. The van der Waals surface area contributed by atoms with Gasteiger partial charge in [-0.1, -0.05) is 11.8 Å². The van der Waals surface area contributed by atoms with Gasteiger partial charge in [0.1, 0.15) is 0 Å². The van der Waals surface area contributed by atoms with Gasteiger partial charge in [-0.2, -0.15) is 8.78 Å². The number of hydrogen-bond donors (Lipinski definition) is 3. The molecule has 1 aromatic rings. The van der Waals surface area contributed by atoms with E-state index in [2.05, 4.69) is 20.9 Å². The summed E-state index contributed by atoms with van der Waals surface area (Å²) in [5.74, 6) is -2.45. The number of thiocarbonyl (C=S) groups is 1. The van der Waals surface area contributed by atoms with E-state index in [4.69, 9.17) is 12.2 Å². The lowest BCUT2D eigenvalue weighted by atomic mass is 10.3. The van der Waals surface area contributed by atoms with Gasteiger partial charge in [0.2, 0.25) is 0 Å². The Bertz CT molecular complexity index is 443. The highest BCUT2D eigenvalue weighted by Crippen LogP contribution is 2.26. The highest BCUT2D eigenvalue weighted by Gasteiger charge is 2.05. The Morgan fingerprint density at radius 3 is 2.47 bits per heavy atom. The molecule has 0 bridgehead atoms. The molecule has 0 unspecified atom stereocenters. The third kappa shape index (κ3) is 6.20. The lowest BCUT2D eigenvalue weighted by Gasteiger charge is -2.11. The quantitative estimate of drug-likeness (QED) is 0.453. The van der Waals surface area contributed by atoms with E-state index in [1.807, 2.05) is 0 Å². The van der Waals surface area contributed by atoms with Crippen LogP contribution in [0.15, 0.2) is 29.2 Å². The van der Waals surface area contributed by atoms with Crippen molar-refractivity contribution >= 4 is 40.9 Å². The van der Waals surface area contributed by atoms with Crippen LogP contribution in [0, 0.1) is 0 Å². The van der Waals surface area contributed by atoms with Crippen LogP contribution >= 0.6 is 24.0 Å². The first kappa shape index (κ1) is 15.4. The number of carbonyl (C=O) groups excluding carboxylic acids is 1. The van der Waals surface area contributed by atoms with Gasteiger partial charge in [0.05, 0.1) is 7.11 Å². The molecule has 1 aromatic carbocycles. The number of carbonyl (C=O) groups is 1. The summed E-state index contributed by atoms with van der Waals surface area (Å²) in [6.45, 7) is 0. The van der Waals surface area contributed by atoms with Crippen LogP contribution in [0.25, 0.3) is 0 Å². The number of alkyl halides is 2. The lowest BCUT2D eigenvalue weighted by molar-refractivity contribution is 0.169. The first-order chi connectivity index (χ1) is 9.01. The first-order valence-electron chi connectivity index (χ1n) is 4.97. The molecule has 0 aromatic heterocycles. The standard InChI is InChI=1S/C10H11F2N3O2S2/c1-17-10(16)15-14-9(18)13-6-2-4-7(5-3-6)19-8(11)12/h2-5,8H,1H3,(H,15,16)(H2,13,14,18). The van der Waals surface area contributed by atoms with Gasteiger partial charge in [0, 0.05) is 10.6 Å². The molecular weight excluding hydrogens is 296 g/mol. The fraction of sp³-hybridized carbons (Fsp3) is 0.200. The van der Waals surface area contributed by atoms with Gasteiger partial charge in [-0.3, -0.25) is 5.43 Å². The van der Waals surface area contributed by atoms with E-state index in [0.717, 1.165) is 0 Å². The Labute approximate surface area is 118 Å². The summed E-state index contributed by atoms with van der Waals surface area (Å²) < 4.78 is 28.5. The number of hydrazine groups is 1. The van der Waals surface area contributed by atoms with Crippen molar-refractivity contribution in [2.75, 3.05) is 12.4 Å². The van der Waals surface area contributed by atoms with Crippen LogP contribution in [-0.4, -0.2) is 24.1 Å². The van der Waals surface area contributed by atoms with E-state index < -0.39 is 11.9 Å². The minimum absolute atomic E-state index is 0.139. The molecule has 0 aliphatic heterocycles. The summed E-state index contributed by atoms with van der Waals surface area (Å²) >= 11 is 5.35. The van der Waals surface area contributed by atoms with E-state index in [-0.39, 0.29) is 5.11 Å². The van der Waals surface area contributed by atoms with Gasteiger partial charge in [-0.05, 0) is 36.5 Å². The number of ether oxygens (including phenoxy) is 1. The molecule has 5 nitrogen and oxygen atoms in total. The Morgan fingerprint density at radius 2 is 1.95 bits per heavy atom. The van der Waals surface area contributed by atoms with E-state index >= 15 is 0 Å². The van der Waals surface area contributed by atoms with Crippen LogP contribution < -0.4 is 16.2 Å². The maximum atomic E-state index is 12.1. The van der Waals surface area contributed by atoms with E-state index in [0.29, 0.717) is 22.3 Å². The van der Waals surface area contributed by atoms with E-state index in [9.17, 15) is 13.6 Å². The highest BCUT2D eigenvalue weighted by atomic mass is 32.2. The molecule has 104 valence electrons. The van der Waals surface area contributed by atoms with Crippen molar-refractivity contribution < 1.29 is 18.3 Å². The second-order valence-electron chi connectivity index (χ2n) is 3.10. The van der Waals surface area contributed by atoms with Gasteiger partial charge >= 0.3 is 6.09 Å².